The Kier molecular flexibility index (Phi) is 5.01. The number of hydrogen-bond acceptors (Lipinski definition) is 3. The monoisotopic (exact) mass is 321 g/mol. The van der Waals surface area contributed by atoms with Gasteiger partial charge in [-0.25, -0.2) is 17.5 Å². The highest BCUT2D eigenvalue weighted by Crippen LogP contribution is 2.25. The van der Waals surface area contributed by atoms with Crippen LogP contribution in [0.15, 0.2) is 23.1 Å². The second kappa shape index (κ2) is 6.39. The van der Waals surface area contributed by atoms with Crippen LogP contribution in [0.3, 0.4) is 0 Å². The van der Waals surface area contributed by atoms with Gasteiger partial charge in [-0.2, -0.15) is 0 Å². The van der Waals surface area contributed by atoms with Crippen molar-refractivity contribution in [2.75, 3.05) is 6.54 Å². The lowest BCUT2D eigenvalue weighted by atomic mass is 9.87. The summed E-state index contributed by atoms with van der Waals surface area (Å²) >= 11 is 5.80. The van der Waals surface area contributed by atoms with E-state index in [0.29, 0.717) is 6.42 Å². The van der Waals surface area contributed by atoms with Crippen molar-refractivity contribution in [2.24, 2.45) is 5.92 Å². The van der Waals surface area contributed by atoms with Gasteiger partial charge in [0.2, 0.25) is 10.0 Å². The summed E-state index contributed by atoms with van der Waals surface area (Å²) in [5.74, 6) is -0.552. The number of rotatable bonds is 4. The van der Waals surface area contributed by atoms with E-state index in [9.17, 15) is 17.9 Å². The summed E-state index contributed by atoms with van der Waals surface area (Å²) in [6.45, 7) is 0.228. The Morgan fingerprint density at radius 1 is 1.40 bits per heavy atom. The van der Waals surface area contributed by atoms with Crippen molar-refractivity contribution in [3.05, 3.63) is 29.0 Å². The topological polar surface area (TPSA) is 66.4 Å². The van der Waals surface area contributed by atoms with Crippen LogP contribution in [0.2, 0.25) is 5.02 Å². The molecule has 112 valence electrons. The fraction of sp³-hybridized carbons (Fsp3) is 0.538. The van der Waals surface area contributed by atoms with E-state index in [1.54, 1.807) is 0 Å². The molecule has 0 spiro atoms. The zero-order chi connectivity index (χ0) is 14.8. The minimum Gasteiger partial charge on any atom is -0.393 e. The van der Waals surface area contributed by atoms with Crippen LogP contribution in [0, 0.1) is 11.7 Å². The van der Waals surface area contributed by atoms with Crippen LogP contribution in [0.25, 0.3) is 0 Å². The first-order chi connectivity index (χ1) is 9.38. The van der Waals surface area contributed by atoms with E-state index in [1.165, 1.54) is 6.07 Å². The Morgan fingerprint density at radius 2 is 2.15 bits per heavy atom. The molecular formula is C13H17ClFNO3S. The maximum absolute atomic E-state index is 13.1. The van der Waals surface area contributed by atoms with E-state index < -0.39 is 15.8 Å². The van der Waals surface area contributed by atoms with Crippen LogP contribution in [-0.4, -0.2) is 26.2 Å². The molecule has 0 aromatic heterocycles. The lowest BCUT2D eigenvalue weighted by Gasteiger charge is -2.25. The van der Waals surface area contributed by atoms with Gasteiger partial charge in [0.25, 0.3) is 0 Å². The number of sulfonamides is 1. The highest BCUT2D eigenvalue weighted by molar-refractivity contribution is 7.89. The Labute approximate surface area is 123 Å². The molecule has 1 aromatic carbocycles. The summed E-state index contributed by atoms with van der Waals surface area (Å²) in [7, 11) is -3.83. The maximum atomic E-state index is 13.1. The van der Waals surface area contributed by atoms with Gasteiger partial charge >= 0.3 is 0 Å². The SMILES string of the molecule is O=S(=O)(NCC1CCCC(O)C1)c1cc(F)ccc1Cl. The van der Waals surface area contributed by atoms with Gasteiger partial charge in [0.1, 0.15) is 10.7 Å². The molecule has 2 atom stereocenters. The number of hydrogen-bond donors (Lipinski definition) is 2. The quantitative estimate of drug-likeness (QED) is 0.894. The number of benzene rings is 1. The normalized spacial score (nSPS) is 23.8. The molecule has 0 saturated heterocycles. The smallest absolute Gasteiger partial charge is 0.242 e. The van der Waals surface area contributed by atoms with Crippen molar-refractivity contribution in [3.8, 4) is 0 Å². The predicted molar refractivity (Wildman–Crippen MR) is 74.6 cm³/mol. The number of aliphatic hydroxyl groups excluding tert-OH is 1. The first kappa shape index (κ1) is 15.7. The first-order valence-corrected chi connectivity index (χ1v) is 8.37. The van der Waals surface area contributed by atoms with Crippen LogP contribution < -0.4 is 4.72 Å². The standard InChI is InChI=1S/C13H17ClFNO3S/c14-12-5-4-10(15)7-13(12)20(18,19)16-8-9-2-1-3-11(17)6-9/h4-5,7,9,11,16-17H,1-3,6,8H2. The molecule has 1 aliphatic rings. The highest BCUT2D eigenvalue weighted by Gasteiger charge is 2.24. The molecule has 1 saturated carbocycles. The molecule has 2 unspecified atom stereocenters. The van der Waals surface area contributed by atoms with Crippen molar-refractivity contribution in [3.63, 3.8) is 0 Å². The molecule has 1 fully saturated rings. The van der Waals surface area contributed by atoms with Gasteiger partial charge in [-0.05, 0) is 43.4 Å². The summed E-state index contributed by atoms with van der Waals surface area (Å²) in [6, 6.07) is 3.23. The second-order valence-electron chi connectivity index (χ2n) is 5.11. The molecule has 0 heterocycles. The van der Waals surface area contributed by atoms with Crippen molar-refractivity contribution < 1.29 is 17.9 Å². The van der Waals surface area contributed by atoms with E-state index in [0.717, 1.165) is 31.4 Å². The zero-order valence-corrected chi connectivity index (χ0v) is 12.4. The van der Waals surface area contributed by atoms with E-state index in [-0.39, 0.29) is 28.5 Å². The lowest BCUT2D eigenvalue weighted by Crippen LogP contribution is -2.33. The van der Waals surface area contributed by atoms with Crippen molar-refractivity contribution >= 4 is 21.6 Å². The Bertz CT molecular complexity index is 579. The van der Waals surface area contributed by atoms with Crippen LogP contribution in [0.1, 0.15) is 25.7 Å². The summed E-state index contributed by atoms with van der Waals surface area (Å²) < 4.78 is 39.8. The number of nitrogens with one attached hydrogen (secondary N) is 1. The third kappa shape index (κ3) is 3.91. The van der Waals surface area contributed by atoms with Crippen molar-refractivity contribution in [2.45, 2.75) is 36.7 Å². The average Bonchev–Trinajstić information content (AvgIpc) is 2.39. The highest BCUT2D eigenvalue weighted by atomic mass is 35.5. The van der Waals surface area contributed by atoms with E-state index in [1.807, 2.05) is 0 Å². The summed E-state index contributed by atoms with van der Waals surface area (Å²) in [6.07, 6.45) is 2.74. The van der Waals surface area contributed by atoms with E-state index in [2.05, 4.69) is 4.72 Å². The Balaban J connectivity index is 2.05. The third-order valence-electron chi connectivity index (χ3n) is 3.50. The molecule has 7 heteroatoms. The largest absolute Gasteiger partial charge is 0.393 e. The minimum absolute atomic E-state index is 0.0115. The molecule has 4 nitrogen and oxygen atoms in total. The van der Waals surface area contributed by atoms with E-state index >= 15 is 0 Å². The molecule has 0 radical (unpaired) electrons. The van der Waals surface area contributed by atoms with Crippen molar-refractivity contribution in [1.29, 1.82) is 0 Å². The molecule has 0 amide bonds. The summed E-state index contributed by atoms with van der Waals surface area (Å²) in [4.78, 5) is -0.254. The first-order valence-electron chi connectivity index (χ1n) is 6.51. The summed E-state index contributed by atoms with van der Waals surface area (Å²) in [5.41, 5.74) is 0. The third-order valence-corrected chi connectivity index (χ3v) is 5.41. The molecule has 1 aromatic rings. The van der Waals surface area contributed by atoms with Crippen LogP contribution in [0.4, 0.5) is 4.39 Å². The Hall–Kier alpha value is -0.690. The van der Waals surface area contributed by atoms with Gasteiger partial charge in [-0.3, -0.25) is 0 Å². The fourth-order valence-electron chi connectivity index (χ4n) is 2.44. The molecule has 0 bridgehead atoms. The molecular weight excluding hydrogens is 305 g/mol. The average molecular weight is 322 g/mol. The molecule has 1 aliphatic carbocycles. The van der Waals surface area contributed by atoms with Crippen LogP contribution in [0.5, 0.6) is 0 Å². The van der Waals surface area contributed by atoms with Gasteiger partial charge in [0, 0.05) is 6.54 Å². The van der Waals surface area contributed by atoms with Crippen LogP contribution >= 0.6 is 11.6 Å². The van der Waals surface area contributed by atoms with Crippen LogP contribution in [-0.2, 0) is 10.0 Å². The van der Waals surface area contributed by atoms with E-state index in [4.69, 9.17) is 11.6 Å². The summed E-state index contributed by atoms with van der Waals surface area (Å²) in [5, 5.41) is 9.55. The Morgan fingerprint density at radius 3 is 2.85 bits per heavy atom. The van der Waals surface area contributed by atoms with Crippen molar-refractivity contribution in [1.82, 2.24) is 4.72 Å². The second-order valence-corrected chi connectivity index (χ2v) is 7.26. The fourth-order valence-corrected chi connectivity index (χ4v) is 4.06. The van der Waals surface area contributed by atoms with Gasteiger partial charge in [0.05, 0.1) is 11.1 Å². The zero-order valence-electron chi connectivity index (χ0n) is 10.9. The minimum atomic E-state index is -3.83. The molecule has 0 aliphatic heterocycles. The van der Waals surface area contributed by atoms with Gasteiger partial charge in [-0.1, -0.05) is 18.0 Å². The predicted octanol–water partition coefficient (Wildman–Crippen LogP) is 2.31. The number of halogens is 2. The molecule has 2 N–H and O–H groups in total. The molecule has 2 rings (SSSR count). The molecule has 20 heavy (non-hydrogen) atoms. The lowest BCUT2D eigenvalue weighted by molar-refractivity contribution is 0.102. The maximum Gasteiger partial charge on any atom is 0.242 e. The number of aliphatic hydroxyl groups is 1. The van der Waals surface area contributed by atoms with Gasteiger partial charge < -0.3 is 5.11 Å². The van der Waals surface area contributed by atoms with Gasteiger partial charge in [0.15, 0.2) is 0 Å². The van der Waals surface area contributed by atoms with Gasteiger partial charge in [-0.15, -0.1) is 0 Å².